The van der Waals surface area contributed by atoms with Crippen molar-refractivity contribution < 1.29 is 4.79 Å². The summed E-state index contributed by atoms with van der Waals surface area (Å²) in [7, 11) is 0. The van der Waals surface area contributed by atoms with Crippen molar-refractivity contribution >= 4 is 11.7 Å². The van der Waals surface area contributed by atoms with E-state index in [-0.39, 0.29) is 11.9 Å². The fourth-order valence-corrected chi connectivity index (χ4v) is 2.19. The van der Waals surface area contributed by atoms with Crippen LogP contribution in [0.25, 0.3) is 0 Å². The minimum atomic E-state index is -0.161. The number of rotatable bonds is 3. The molecule has 1 aromatic heterocycles. The molecule has 0 saturated heterocycles. The van der Waals surface area contributed by atoms with E-state index in [1.54, 1.807) is 12.1 Å². The highest BCUT2D eigenvalue weighted by Gasteiger charge is 2.20. The summed E-state index contributed by atoms with van der Waals surface area (Å²) in [6.45, 7) is 2.25. The number of hydrogen-bond donors (Lipinski definition) is 3. The molecule has 6 nitrogen and oxygen atoms in total. The molecule has 0 bridgehead atoms. The maximum Gasteiger partial charge on any atom is 0.272 e. The van der Waals surface area contributed by atoms with Gasteiger partial charge >= 0.3 is 0 Å². The van der Waals surface area contributed by atoms with Crippen molar-refractivity contribution in [3.05, 3.63) is 17.8 Å². The predicted octanol–water partition coefficient (Wildman–Crippen LogP) is 1.07. The van der Waals surface area contributed by atoms with Gasteiger partial charge in [-0.2, -0.15) is 0 Å². The number of nitrogens with one attached hydrogen (secondary N) is 2. The monoisotopic (exact) mass is 249 g/mol. The summed E-state index contributed by atoms with van der Waals surface area (Å²) in [5.74, 6) is 6.24. The molecule has 2 rings (SSSR count). The van der Waals surface area contributed by atoms with Crippen LogP contribution in [0.1, 0.15) is 43.1 Å². The number of nitrogens with two attached hydrogens (primary N) is 1. The molecule has 1 fully saturated rings. The predicted molar refractivity (Wildman–Crippen MR) is 68.7 cm³/mol. The first-order valence-electron chi connectivity index (χ1n) is 6.30. The molecule has 1 aliphatic rings. The largest absolute Gasteiger partial charge is 0.348 e. The quantitative estimate of drug-likeness (QED) is 0.550. The minimum absolute atomic E-state index is 0.161. The van der Waals surface area contributed by atoms with Gasteiger partial charge in [0.05, 0.1) is 0 Å². The fourth-order valence-electron chi connectivity index (χ4n) is 2.19. The Kier molecular flexibility index (Phi) is 4.09. The van der Waals surface area contributed by atoms with E-state index in [2.05, 4.69) is 27.9 Å². The zero-order chi connectivity index (χ0) is 13.0. The van der Waals surface area contributed by atoms with Gasteiger partial charge in [-0.15, -0.1) is 10.2 Å². The van der Waals surface area contributed by atoms with Crippen molar-refractivity contribution in [1.29, 1.82) is 0 Å². The Labute approximate surface area is 106 Å². The van der Waals surface area contributed by atoms with Gasteiger partial charge in [-0.3, -0.25) is 4.79 Å². The van der Waals surface area contributed by atoms with E-state index >= 15 is 0 Å². The number of nitrogens with zero attached hydrogens (tertiary/aromatic N) is 2. The van der Waals surface area contributed by atoms with Gasteiger partial charge in [-0.05, 0) is 43.7 Å². The van der Waals surface area contributed by atoms with E-state index in [4.69, 9.17) is 5.84 Å². The number of aromatic nitrogens is 2. The van der Waals surface area contributed by atoms with Crippen LogP contribution in [0.3, 0.4) is 0 Å². The highest BCUT2D eigenvalue weighted by atomic mass is 16.2. The Morgan fingerprint density at radius 1 is 1.28 bits per heavy atom. The molecule has 1 aliphatic carbocycles. The molecule has 6 heteroatoms. The van der Waals surface area contributed by atoms with Crippen molar-refractivity contribution in [3.8, 4) is 0 Å². The highest BCUT2D eigenvalue weighted by molar-refractivity contribution is 5.92. The lowest BCUT2D eigenvalue weighted by Gasteiger charge is -2.26. The first-order chi connectivity index (χ1) is 8.69. The minimum Gasteiger partial charge on any atom is -0.348 e. The second-order valence-electron chi connectivity index (χ2n) is 4.88. The standard InChI is InChI=1S/C12H19N5O/c1-8-2-4-9(5-3-8)14-12(18)10-6-7-11(15-13)17-16-10/h6-9H,2-5,13H2,1H3,(H,14,18)(H,15,17). The summed E-state index contributed by atoms with van der Waals surface area (Å²) in [5, 5.41) is 10.6. The summed E-state index contributed by atoms with van der Waals surface area (Å²) in [5.41, 5.74) is 2.70. The van der Waals surface area contributed by atoms with Crippen molar-refractivity contribution in [2.45, 2.75) is 38.6 Å². The smallest absolute Gasteiger partial charge is 0.272 e. The van der Waals surface area contributed by atoms with E-state index in [0.29, 0.717) is 11.5 Å². The molecule has 1 saturated carbocycles. The Bertz CT molecular complexity index is 397. The third-order valence-electron chi connectivity index (χ3n) is 3.40. The van der Waals surface area contributed by atoms with Gasteiger partial charge in [0.15, 0.2) is 11.5 Å². The van der Waals surface area contributed by atoms with Crippen LogP contribution in [-0.4, -0.2) is 22.1 Å². The molecule has 0 unspecified atom stereocenters. The first kappa shape index (κ1) is 12.8. The zero-order valence-corrected chi connectivity index (χ0v) is 10.5. The molecule has 1 amide bonds. The van der Waals surface area contributed by atoms with Gasteiger partial charge < -0.3 is 10.7 Å². The van der Waals surface area contributed by atoms with Gasteiger partial charge in [0.25, 0.3) is 5.91 Å². The van der Waals surface area contributed by atoms with Gasteiger partial charge in [0.2, 0.25) is 0 Å². The molecule has 98 valence electrons. The number of carbonyl (C=O) groups excluding carboxylic acids is 1. The lowest BCUT2D eigenvalue weighted by molar-refractivity contribution is 0.0917. The molecule has 1 aromatic rings. The van der Waals surface area contributed by atoms with Crippen molar-refractivity contribution in [1.82, 2.24) is 15.5 Å². The first-order valence-corrected chi connectivity index (χ1v) is 6.30. The van der Waals surface area contributed by atoms with E-state index in [1.807, 2.05) is 0 Å². The zero-order valence-electron chi connectivity index (χ0n) is 10.5. The number of hydrogen-bond acceptors (Lipinski definition) is 5. The number of hydrazine groups is 1. The van der Waals surface area contributed by atoms with Crippen LogP contribution in [-0.2, 0) is 0 Å². The molecule has 18 heavy (non-hydrogen) atoms. The van der Waals surface area contributed by atoms with E-state index in [1.165, 1.54) is 12.8 Å². The normalized spacial score (nSPS) is 23.4. The Morgan fingerprint density at radius 2 is 2.00 bits per heavy atom. The van der Waals surface area contributed by atoms with Gasteiger partial charge in [-0.1, -0.05) is 6.92 Å². The molecule has 0 spiro atoms. The highest BCUT2D eigenvalue weighted by Crippen LogP contribution is 2.23. The van der Waals surface area contributed by atoms with Crippen LogP contribution >= 0.6 is 0 Å². The molecule has 0 aromatic carbocycles. The third-order valence-corrected chi connectivity index (χ3v) is 3.40. The van der Waals surface area contributed by atoms with Crippen LogP contribution < -0.4 is 16.6 Å². The summed E-state index contributed by atoms with van der Waals surface area (Å²) < 4.78 is 0. The molecule has 0 radical (unpaired) electrons. The van der Waals surface area contributed by atoms with Crippen molar-refractivity contribution in [2.75, 3.05) is 5.43 Å². The van der Waals surface area contributed by atoms with E-state index in [9.17, 15) is 4.79 Å². The topological polar surface area (TPSA) is 92.9 Å². The van der Waals surface area contributed by atoms with Gasteiger partial charge in [-0.25, -0.2) is 5.84 Å². The van der Waals surface area contributed by atoms with Crippen LogP contribution in [0.4, 0.5) is 5.82 Å². The lowest BCUT2D eigenvalue weighted by Crippen LogP contribution is -2.37. The van der Waals surface area contributed by atoms with E-state index in [0.717, 1.165) is 18.8 Å². The molecule has 0 aliphatic heterocycles. The van der Waals surface area contributed by atoms with Crippen molar-refractivity contribution in [2.24, 2.45) is 11.8 Å². The van der Waals surface area contributed by atoms with Crippen LogP contribution in [0.2, 0.25) is 0 Å². The van der Waals surface area contributed by atoms with Gasteiger partial charge in [0, 0.05) is 6.04 Å². The van der Waals surface area contributed by atoms with Crippen LogP contribution in [0, 0.1) is 5.92 Å². The maximum absolute atomic E-state index is 11.9. The maximum atomic E-state index is 11.9. The Morgan fingerprint density at radius 3 is 2.56 bits per heavy atom. The van der Waals surface area contributed by atoms with Crippen LogP contribution in [0.15, 0.2) is 12.1 Å². The molecular formula is C12H19N5O. The summed E-state index contributed by atoms with van der Waals surface area (Å²) in [6, 6.07) is 3.51. The summed E-state index contributed by atoms with van der Waals surface area (Å²) in [6.07, 6.45) is 4.44. The molecule has 1 heterocycles. The van der Waals surface area contributed by atoms with E-state index < -0.39 is 0 Å². The van der Waals surface area contributed by atoms with Crippen molar-refractivity contribution in [3.63, 3.8) is 0 Å². The SMILES string of the molecule is CC1CCC(NC(=O)c2ccc(NN)nn2)CC1. The number of anilines is 1. The van der Waals surface area contributed by atoms with Crippen LogP contribution in [0.5, 0.6) is 0 Å². The Hall–Kier alpha value is -1.69. The number of carbonyl (C=O) groups is 1. The second kappa shape index (κ2) is 5.77. The number of nitrogen functional groups attached to an aromatic ring is 1. The summed E-state index contributed by atoms with van der Waals surface area (Å²) in [4.78, 5) is 11.9. The average molecular weight is 249 g/mol. The second-order valence-corrected chi connectivity index (χ2v) is 4.88. The fraction of sp³-hybridized carbons (Fsp3) is 0.583. The molecular weight excluding hydrogens is 230 g/mol. The lowest BCUT2D eigenvalue weighted by atomic mass is 9.87. The van der Waals surface area contributed by atoms with Gasteiger partial charge in [0.1, 0.15) is 0 Å². The number of amides is 1. The molecule has 0 atom stereocenters. The average Bonchev–Trinajstić information content (AvgIpc) is 2.41. The third kappa shape index (κ3) is 3.16. The summed E-state index contributed by atoms with van der Waals surface area (Å²) >= 11 is 0. The Balaban J connectivity index is 1.90. The molecule has 4 N–H and O–H groups in total.